The Balaban J connectivity index is 2.56. The van der Waals surface area contributed by atoms with Gasteiger partial charge in [0.15, 0.2) is 5.60 Å². The maximum absolute atomic E-state index is 11.2. The Morgan fingerprint density at radius 3 is 2.87 bits per heavy atom. The summed E-state index contributed by atoms with van der Waals surface area (Å²) in [5, 5.41) is 18.5. The van der Waals surface area contributed by atoms with Gasteiger partial charge in [-0.25, -0.2) is 4.79 Å². The number of methoxy groups -OCH3 is 1. The first-order valence-electron chi connectivity index (χ1n) is 4.71. The first-order chi connectivity index (χ1) is 7.10. The van der Waals surface area contributed by atoms with E-state index >= 15 is 0 Å². The number of rotatable bonds is 2. The summed E-state index contributed by atoms with van der Waals surface area (Å²) in [6.07, 6.45) is 1.03. The van der Waals surface area contributed by atoms with E-state index in [4.69, 9.17) is 4.74 Å². The number of hydrogen-bond acceptors (Lipinski definition) is 3. The van der Waals surface area contributed by atoms with Gasteiger partial charge < -0.3 is 14.9 Å². The minimum Gasteiger partial charge on any atom is -0.508 e. The molecule has 0 fully saturated rings. The van der Waals surface area contributed by atoms with Gasteiger partial charge >= 0.3 is 5.97 Å². The van der Waals surface area contributed by atoms with Crippen LogP contribution in [0.3, 0.4) is 0 Å². The van der Waals surface area contributed by atoms with Crippen molar-refractivity contribution >= 4 is 5.97 Å². The second-order valence-electron chi connectivity index (χ2n) is 3.68. The molecule has 0 spiro atoms. The molecule has 0 bridgehead atoms. The van der Waals surface area contributed by atoms with Crippen LogP contribution in [-0.4, -0.2) is 23.3 Å². The number of aryl methyl sites for hydroxylation is 1. The molecule has 1 atom stereocenters. The van der Waals surface area contributed by atoms with Gasteiger partial charge in [0.25, 0.3) is 0 Å². The SMILES string of the molecule is COC1(C(=O)O)CCc2cc(O)ccc21. The molecule has 15 heavy (non-hydrogen) atoms. The second kappa shape index (κ2) is 3.24. The van der Waals surface area contributed by atoms with E-state index in [-0.39, 0.29) is 5.75 Å². The zero-order valence-electron chi connectivity index (χ0n) is 8.36. The molecule has 0 aromatic heterocycles. The van der Waals surface area contributed by atoms with Gasteiger partial charge in [0.05, 0.1) is 0 Å². The minimum absolute atomic E-state index is 0.158. The van der Waals surface area contributed by atoms with Crippen LogP contribution in [0.5, 0.6) is 5.75 Å². The molecule has 1 aromatic rings. The predicted molar refractivity (Wildman–Crippen MR) is 52.8 cm³/mol. The highest BCUT2D eigenvalue weighted by atomic mass is 16.5. The zero-order chi connectivity index (χ0) is 11.1. The summed E-state index contributed by atoms with van der Waals surface area (Å²) in [7, 11) is 1.40. The maximum Gasteiger partial charge on any atom is 0.340 e. The van der Waals surface area contributed by atoms with Crippen molar-refractivity contribution in [3.8, 4) is 5.75 Å². The van der Waals surface area contributed by atoms with E-state index in [2.05, 4.69) is 0 Å². The molecule has 0 saturated carbocycles. The molecule has 1 aromatic carbocycles. The topological polar surface area (TPSA) is 66.8 Å². The van der Waals surface area contributed by atoms with Crippen molar-refractivity contribution in [3.05, 3.63) is 29.3 Å². The van der Waals surface area contributed by atoms with Gasteiger partial charge in [-0.05, 0) is 36.1 Å². The van der Waals surface area contributed by atoms with Crippen molar-refractivity contribution in [3.63, 3.8) is 0 Å². The Morgan fingerprint density at radius 2 is 2.27 bits per heavy atom. The molecule has 1 aliphatic carbocycles. The Labute approximate surface area is 87.1 Å². The Bertz CT molecular complexity index is 413. The third kappa shape index (κ3) is 1.29. The van der Waals surface area contributed by atoms with Gasteiger partial charge in [-0.15, -0.1) is 0 Å². The summed E-state index contributed by atoms with van der Waals surface area (Å²) in [6, 6.07) is 4.70. The average Bonchev–Trinajstić information content (AvgIpc) is 2.56. The molecule has 0 heterocycles. The highest BCUT2D eigenvalue weighted by Crippen LogP contribution is 2.41. The highest BCUT2D eigenvalue weighted by Gasteiger charge is 2.46. The summed E-state index contributed by atoms with van der Waals surface area (Å²) in [5.74, 6) is -0.819. The maximum atomic E-state index is 11.2. The fourth-order valence-electron chi connectivity index (χ4n) is 2.15. The largest absolute Gasteiger partial charge is 0.508 e. The summed E-state index contributed by atoms with van der Waals surface area (Å²) in [4.78, 5) is 11.2. The number of carboxylic acids is 1. The molecule has 0 aliphatic heterocycles. The fourth-order valence-corrected chi connectivity index (χ4v) is 2.15. The van der Waals surface area contributed by atoms with Crippen molar-refractivity contribution in [2.24, 2.45) is 0 Å². The number of ether oxygens (including phenoxy) is 1. The number of benzene rings is 1. The van der Waals surface area contributed by atoms with Crippen molar-refractivity contribution in [1.29, 1.82) is 0 Å². The van der Waals surface area contributed by atoms with Crippen LogP contribution < -0.4 is 0 Å². The normalized spacial score (nSPS) is 23.8. The van der Waals surface area contributed by atoms with Gasteiger partial charge in [-0.3, -0.25) is 0 Å². The van der Waals surface area contributed by atoms with E-state index in [9.17, 15) is 15.0 Å². The number of phenols is 1. The van der Waals surface area contributed by atoms with E-state index in [1.54, 1.807) is 12.1 Å². The monoisotopic (exact) mass is 208 g/mol. The fraction of sp³-hybridized carbons (Fsp3) is 0.364. The standard InChI is InChI=1S/C11H12O4/c1-15-11(10(13)14)5-4-7-6-8(12)2-3-9(7)11/h2-3,6,12H,4-5H2,1H3,(H,13,14). The van der Waals surface area contributed by atoms with Gasteiger partial charge in [-0.1, -0.05) is 6.07 Å². The molecule has 80 valence electrons. The molecule has 0 amide bonds. The zero-order valence-corrected chi connectivity index (χ0v) is 8.36. The third-order valence-corrected chi connectivity index (χ3v) is 2.96. The number of phenolic OH excluding ortho intramolecular Hbond substituents is 1. The highest BCUT2D eigenvalue weighted by molar-refractivity contribution is 5.81. The molecular formula is C11H12O4. The van der Waals surface area contributed by atoms with E-state index < -0.39 is 11.6 Å². The first kappa shape index (κ1) is 9.98. The van der Waals surface area contributed by atoms with Crippen LogP contribution in [0.1, 0.15) is 17.5 Å². The number of carbonyl (C=O) groups is 1. The van der Waals surface area contributed by atoms with Gasteiger partial charge in [0.1, 0.15) is 5.75 Å². The van der Waals surface area contributed by atoms with Crippen LogP contribution in [0.2, 0.25) is 0 Å². The first-order valence-corrected chi connectivity index (χ1v) is 4.71. The van der Waals surface area contributed by atoms with Crippen LogP contribution in [-0.2, 0) is 21.6 Å². The summed E-state index contributed by atoms with van der Waals surface area (Å²) < 4.78 is 5.15. The van der Waals surface area contributed by atoms with Gasteiger partial charge in [0.2, 0.25) is 0 Å². The molecule has 1 unspecified atom stereocenters. The third-order valence-electron chi connectivity index (χ3n) is 2.96. The van der Waals surface area contributed by atoms with Crippen molar-refractivity contribution < 1.29 is 19.7 Å². The Morgan fingerprint density at radius 1 is 1.53 bits per heavy atom. The Hall–Kier alpha value is -1.55. The lowest BCUT2D eigenvalue weighted by atomic mass is 9.96. The number of carboxylic acid groups (broad SMARTS) is 1. The van der Waals surface area contributed by atoms with E-state index in [1.165, 1.54) is 13.2 Å². The lowest BCUT2D eigenvalue weighted by molar-refractivity contribution is -0.163. The van der Waals surface area contributed by atoms with Crippen molar-refractivity contribution in [2.75, 3.05) is 7.11 Å². The van der Waals surface area contributed by atoms with Crippen LogP contribution in [0.25, 0.3) is 0 Å². The smallest absolute Gasteiger partial charge is 0.340 e. The second-order valence-corrected chi connectivity index (χ2v) is 3.68. The van der Waals surface area contributed by atoms with Crippen LogP contribution in [0, 0.1) is 0 Å². The molecule has 2 rings (SSSR count). The number of hydrogen-bond donors (Lipinski definition) is 2. The van der Waals surface area contributed by atoms with Crippen LogP contribution in [0.4, 0.5) is 0 Å². The van der Waals surface area contributed by atoms with Crippen LogP contribution in [0.15, 0.2) is 18.2 Å². The lowest BCUT2D eigenvalue weighted by Gasteiger charge is -2.23. The molecule has 1 aliphatic rings. The van der Waals surface area contributed by atoms with E-state index in [1.807, 2.05) is 0 Å². The predicted octanol–water partition coefficient (Wildman–Crippen LogP) is 1.26. The molecule has 4 nitrogen and oxygen atoms in total. The van der Waals surface area contributed by atoms with E-state index in [0.29, 0.717) is 18.4 Å². The van der Waals surface area contributed by atoms with Crippen molar-refractivity contribution in [2.45, 2.75) is 18.4 Å². The van der Waals surface area contributed by atoms with Crippen LogP contribution >= 0.6 is 0 Å². The molecule has 0 radical (unpaired) electrons. The number of aliphatic carboxylic acids is 1. The molecule has 4 heteroatoms. The van der Waals surface area contributed by atoms with E-state index in [0.717, 1.165) is 5.56 Å². The van der Waals surface area contributed by atoms with Gasteiger partial charge in [-0.2, -0.15) is 0 Å². The summed E-state index contributed by atoms with van der Waals surface area (Å²) in [6.45, 7) is 0. The van der Waals surface area contributed by atoms with Crippen molar-refractivity contribution in [1.82, 2.24) is 0 Å². The summed E-state index contributed by atoms with van der Waals surface area (Å²) in [5.41, 5.74) is 0.262. The average molecular weight is 208 g/mol. The molecule has 2 N–H and O–H groups in total. The Kier molecular flexibility index (Phi) is 2.16. The van der Waals surface area contributed by atoms with Gasteiger partial charge in [0, 0.05) is 7.11 Å². The molecule has 0 saturated heterocycles. The minimum atomic E-state index is -1.23. The quantitative estimate of drug-likeness (QED) is 0.768. The summed E-state index contributed by atoms with van der Waals surface area (Å²) >= 11 is 0. The number of fused-ring (bicyclic) bond motifs is 1. The number of aromatic hydroxyl groups is 1. The lowest BCUT2D eigenvalue weighted by Crippen LogP contribution is -2.35. The molecular weight excluding hydrogens is 196 g/mol.